The predicted molar refractivity (Wildman–Crippen MR) is 69.9 cm³/mol. The van der Waals surface area contributed by atoms with Gasteiger partial charge >= 0.3 is 0 Å². The number of rotatable bonds is 3. The Kier molecular flexibility index (Phi) is 3.28. The third-order valence-corrected chi connectivity index (χ3v) is 2.75. The Morgan fingerprint density at radius 1 is 0.944 bits per heavy atom. The molecule has 0 atom stereocenters. The maximum atomic E-state index is 9.64. The molecule has 0 heterocycles. The van der Waals surface area contributed by atoms with Crippen molar-refractivity contribution in [2.75, 3.05) is 5.32 Å². The summed E-state index contributed by atoms with van der Waals surface area (Å²) in [7, 11) is 0. The number of phenols is 3. The molecule has 0 aromatic heterocycles. The van der Waals surface area contributed by atoms with Crippen LogP contribution in [-0.2, 0) is 6.54 Å². The quantitative estimate of drug-likeness (QED) is 0.627. The van der Waals surface area contributed by atoms with Crippen molar-refractivity contribution in [2.24, 2.45) is 0 Å². The average Bonchev–Trinajstić information content (AvgIpc) is 2.30. The van der Waals surface area contributed by atoms with Gasteiger partial charge in [0.05, 0.1) is 0 Å². The summed E-state index contributed by atoms with van der Waals surface area (Å²) in [5.74, 6) is 0.321. The molecule has 18 heavy (non-hydrogen) atoms. The third-order valence-electron chi connectivity index (χ3n) is 2.75. The van der Waals surface area contributed by atoms with Crippen LogP contribution in [0.4, 0.5) is 5.69 Å². The van der Waals surface area contributed by atoms with Crippen LogP contribution in [0.5, 0.6) is 17.2 Å². The van der Waals surface area contributed by atoms with Crippen LogP contribution >= 0.6 is 0 Å². The summed E-state index contributed by atoms with van der Waals surface area (Å²) in [6.45, 7) is 2.33. The number of hydrogen-bond acceptors (Lipinski definition) is 4. The van der Waals surface area contributed by atoms with Crippen molar-refractivity contribution in [3.05, 3.63) is 47.5 Å². The lowest BCUT2D eigenvalue weighted by Gasteiger charge is -2.11. The van der Waals surface area contributed by atoms with E-state index in [9.17, 15) is 15.3 Å². The molecular formula is C14H15NO3. The molecule has 0 aliphatic rings. The highest BCUT2D eigenvalue weighted by atomic mass is 16.3. The minimum Gasteiger partial charge on any atom is -0.508 e. The lowest BCUT2D eigenvalue weighted by Crippen LogP contribution is -2.01. The van der Waals surface area contributed by atoms with E-state index < -0.39 is 0 Å². The Labute approximate surface area is 105 Å². The fraction of sp³-hybridized carbons (Fsp3) is 0.143. The van der Waals surface area contributed by atoms with E-state index >= 15 is 0 Å². The number of nitrogens with one attached hydrogen (secondary N) is 1. The normalized spacial score (nSPS) is 10.3. The van der Waals surface area contributed by atoms with Crippen molar-refractivity contribution in [3.8, 4) is 17.2 Å². The van der Waals surface area contributed by atoms with Crippen LogP contribution in [0.1, 0.15) is 11.1 Å². The van der Waals surface area contributed by atoms with Crippen LogP contribution in [0.2, 0.25) is 0 Å². The number of aryl methyl sites for hydroxylation is 1. The summed E-state index contributed by atoms with van der Waals surface area (Å²) in [5, 5.41) is 31.3. The molecule has 0 saturated carbocycles. The van der Waals surface area contributed by atoms with E-state index in [0.717, 1.165) is 11.3 Å². The topological polar surface area (TPSA) is 72.7 Å². The zero-order valence-electron chi connectivity index (χ0n) is 10.0. The summed E-state index contributed by atoms with van der Waals surface area (Å²) in [6, 6.07) is 9.54. The van der Waals surface area contributed by atoms with Crippen molar-refractivity contribution < 1.29 is 15.3 Å². The first kappa shape index (κ1) is 12.1. The largest absolute Gasteiger partial charge is 0.508 e. The van der Waals surface area contributed by atoms with Gasteiger partial charge in [0.15, 0.2) is 0 Å². The Bertz CT molecular complexity index is 515. The Balaban J connectivity index is 2.11. The standard InChI is InChI=1S/C14H15NO3/c1-9-6-11(16)4-5-13(9)15-8-10-2-3-12(17)7-14(10)18/h2-7,15-18H,8H2,1H3. The molecule has 2 aromatic rings. The molecule has 0 aliphatic carbocycles. The second kappa shape index (κ2) is 4.87. The molecule has 0 amide bonds. The first-order valence-corrected chi connectivity index (χ1v) is 5.60. The van der Waals surface area contributed by atoms with Crippen molar-refractivity contribution in [1.29, 1.82) is 0 Å². The van der Waals surface area contributed by atoms with Crippen molar-refractivity contribution in [2.45, 2.75) is 13.5 Å². The smallest absolute Gasteiger partial charge is 0.124 e. The van der Waals surface area contributed by atoms with Gasteiger partial charge in [0, 0.05) is 23.9 Å². The SMILES string of the molecule is Cc1cc(O)ccc1NCc1ccc(O)cc1O. The average molecular weight is 245 g/mol. The molecule has 2 rings (SSSR count). The monoisotopic (exact) mass is 245 g/mol. The first-order chi connectivity index (χ1) is 8.56. The highest BCUT2D eigenvalue weighted by Crippen LogP contribution is 2.25. The molecule has 0 spiro atoms. The fourth-order valence-corrected chi connectivity index (χ4v) is 1.74. The fourth-order valence-electron chi connectivity index (χ4n) is 1.74. The molecule has 4 N–H and O–H groups in total. The van der Waals surface area contributed by atoms with E-state index in [1.165, 1.54) is 12.1 Å². The van der Waals surface area contributed by atoms with Crippen LogP contribution in [-0.4, -0.2) is 15.3 Å². The van der Waals surface area contributed by atoms with E-state index in [1.54, 1.807) is 24.3 Å². The van der Waals surface area contributed by atoms with Gasteiger partial charge in [-0.15, -0.1) is 0 Å². The number of phenolic OH excluding ortho intramolecular Hbond substituents is 3. The maximum absolute atomic E-state index is 9.64. The zero-order valence-corrected chi connectivity index (χ0v) is 10.0. The Morgan fingerprint density at radius 3 is 2.28 bits per heavy atom. The Morgan fingerprint density at radius 2 is 1.61 bits per heavy atom. The molecule has 2 aromatic carbocycles. The van der Waals surface area contributed by atoms with E-state index in [4.69, 9.17) is 0 Å². The van der Waals surface area contributed by atoms with E-state index in [2.05, 4.69) is 5.32 Å². The molecule has 4 heteroatoms. The second-order valence-corrected chi connectivity index (χ2v) is 4.17. The van der Waals surface area contributed by atoms with Crippen molar-refractivity contribution in [3.63, 3.8) is 0 Å². The summed E-state index contributed by atoms with van der Waals surface area (Å²) in [6.07, 6.45) is 0. The first-order valence-electron chi connectivity index (χ1n) is 5.60. The highest BCUT2D eigenvalue weighted by molar-refractivity contribution is 5.54. The maximum Gasteiger partial charge on any atom is 0.124 e. The summed E-state index contributed by atoms with van der Waals surface area (Å²) in [4.78, 5) is 0. The van der Waals surface area contributed by atoms with E-state index in [1.807, 2.05) is 6.92 Å². The highest BCUT2D eigenvalue weighted by Gasteiger charge is 2.04. The van der Waals surface area contributed by atoms with Gasteiger partial charge in [0.25, 0.3) is 0 Å². The summed E-state index contributed by atoms with van der Waals surface area (Å²) >= 11 is 0. The lowest BCUT2D eigenvalue weighted by atomic mass is 10.1. The molecule has 94 valence electrons. The zero-order chi connectivity index (χ0) is 13.1. The van der Waals surface area contributed by atoms with Crippen LogP contribution in [0.25, 0.3) is 0 Å². The molecule has 0 saturated heterocycles. The van der Waals surface area contributed by atoms with Gasteiger partial charge in [0.1, 0.15) is 17.2 Å². The van der Waals surface area contributed by atoms with Crippen LogP contribution in [0.3, 0.4) is 0 Å². The molecule has 0 aliphatic heterocycles. The summed E-state index contributed by atoms with van der Waals surface area (Å²) in [5.41, 5.74) is 2.51. The predicted octanol–water partition coefficient (Wildman–Crippen LogP) is 2.72. The number of aromatic hydroxyl groups is 3. The van der Waals surface area contributed by atoms with Crippen LogP contribution in [0, 0.1) is 6.92 Å². The summed E-state index contributed by atoms with van der Waals surface area (Å²) < 4.78 is 0. The molecule has 4 nitrogen and oxygen atoms in total. The van der Waals surface area contributed by atoms with Crippen molar-refractivity contribution in [1.82, 2.24) is 0 Å². The molecule has 0 fully saturated rings. The van der Waals surface area contributed by atoms with E-state index in [0.29, 0.717) is 12.1 Å². The minimum absolute atomic E-state index is 0.0389. The lowest BCUT2D eigenvalue weighted by molar-refractivity contribution is 0.446. The van der Waals surface area contributed by atoms with Gasteiger partial charge in [-0.1, -0.05) is 0 Å². The Hall–Kier alpha value is -2.36. The molecular weight excluding hydrogens is 230 g/mol. The molecule has 0 bridgehead atoms. The van der Waals surface area contributed by atoms with Gasteiger partial charge in [-0.25, -0.2) is 0 Å². The van der Waals surface area contributed by atoms with Crippen LogP contribution < -0.4 is 5.32 Å². The second-order valence-electron chi connectivity index (χ2n) is 4.17. The van der Waals surface area contributed by atoms with E-state index in [-0.39, 0.29) is 17.2 Å². The minimum atomic E-state index is 0.0389. The van der Waals surface area contributed by atoms with Crippen LogP contribution in [0.15, 0.2) is 36.4 Å². The number of anilines is 1. The molecule has 0 unspecified atom stereocenters. The van der Waals surface area contributed by atoms with Crippen molar-refractivity contribution >= 4 is 5.69 Å². The van der Waals surface area contributed by atoms with Gasteiger partial charge < -0.3 is 20.6 Å². The van der Waals surface area contributed by atoms with Gasteiger partial charge in [0.2, 0.25) is 0 Å². The number of hydrogen-bond donors (Lipinski definition) is 4. The van der Waals surface area contributed by atoms with Gasteiger partial charge in [-0.2, -0.15) is 0 Å². The van der Waals surface area contributed by atoms with Gasteiger partial charge in [-0.3, -0.25) is 0 Å². The van der Waals surface area contributed by atoms with Gasteiger partial charge in [-0.05, 0) is 42.8 Å². The third kappa shape index (κ3) is 2.66. The molecule has 0 radical (unpaired) electrons. The number of benzene rings is 2.